The fraction of sp³-hybridized carbons (Fsp3) is 0.600. The van der Waals surface area contributed by atoms with Gasteiger partial charge in [-0.15, -0.1) is 0 Å². The molecule has 0 aromatic carbocycles. The first kappa shape index (κ1) is 12.2. The molecule has 4 nitrogen and oxygen atoms in total. The average molecular weight is 274 g/mol. The number of amides is 1. The van der Waals surface area contributed by atoms with Gasteiger partial charge in [-0.05, 0) is 13.3 Å². The molecule has 0 aliphatic rings. The van der Waals surface area contributed by atoms with Crippen molar-refractivity contribution in [2.24, 2.45) is 0 Å². The quantitative estimate of drug-likeness (QED) is 0.828. The second-order valence-electron chi connectivity index (χ2n) is 3.54. The van der Waals surface area contributed by atoms with Gasteiger partial charge in [0.1, 0.15) is 0 Å². The SMILES string of the molecule is CCC(Br)C(=O)NC(C)Cn1ccnc1. The molecule has 1 aromatic rings. The zero-order valence-electron chi connectivity index (χ0n) is 8.98. The van der Waals surface area contributed by atoms with E-state index in [0.717, 1.165) is 13.0 Å². The number of aromatic nitrogens is 2. The topological polar surface area (TPSA) is 46.9 Å². The van der Waals surface area contributed by atoms with E-state index in [9.17, 15) is 4.79 Å². The summed E-state index contributed by atoms with van der Waals surface area (Å²) in [5.41, 5.74) is 0. The highest BCUT2D eigenvalue weighted by Gasteiger charge is 2.14. The smallest absolute Gasteiger partial charge is 0.234 e. The maximum Gasteiger partial charge on any atom is 0.234 e. The van der Waals surface area contributed by atoms with Crippen LogP contribution in [0.3, 0.4) is 0 Å². The Morgan fingerprint density at radius 2 is 2.40 bits per heavy atom. The molecule has 84 valence electrons. The zero-order valence-corrected chi connectivity index (χ0v) is 10.6. The van der Waals surface area contributed by atoms with Crippen molar-refractivity contribution >= 4 is 21.8 Å². The van der Waals surface area contributed by atoms with Gasteiger partial charge in [0.05, 0.1) is 11.2 Å². The molecule has 0 saturated heterocycles. The molecule has 0 aliphatic heterocycles. The van der Waals surface area contributed by atoms with Gasteiger partial charge in [0.25, 0.3) is 0 Å². The van der Waals surface area contributed by atoms with E-state index in [1.807, 2.05) is 24.6 Å². The lowest BCUT2D eigenvalue weighted by Crippen LogP contribution is -2.39. The number of rotatable bonds is 5. The molecule has 1 aromatic heterocycles. The first-order valence-corrected chi connectivity index (χ1v) is 5.95. The molecule has 5 heteroatoms. The summed E-state index contributed by atoms with van der Waals surface area (Å²) in [6.45, 7) is 4.70. The van der Waals surface area contributed by atoms with Crippen LogP contribution in [0.15, 0.2) is 18.7 Å². The maximum atomic E-state index is 11.5. The number of nitrogens with zero attached hydrogens (tertiary/aromatic N) is 2. The maximum absolute atomic E-state index is 11.5. The Bertz CT molecular complexity index is 300. The first-order valence-electron chi connectivity index (χ1n) is 5.03. The molecule has 0 bridgehead atoms. The van der Waals surface area contributed by atoms with Crippen molar-refractivity contribution in [1.29, 1.82) is 0 Å². The minimum absolute atomic E-state index is 0.0464. The number of carbonyl (C=O) groups is 1. The van der Waals surface area contributed by atoms with Crippen LogP contribution in [0, 0.1) is 0 Å². The summed E-state index contributed by atoms with van der Waals surface area (Å²) in [5.74, 6) is 0.0464. The Balaban J connectivity index is 2.36. The van der Waals surface area contributed by atoms with E-state index >= 15 is 0 Å². The van der Waals surface area contributed by atoms with Crippen molar-refractivity contribution in [3.63, 3.8) is 0 Å². The van der Waals surface area contributed by atoms with Gasteiger partial charge in [0.15, 0.2) is 0 Å². The molecule has 0 fully saturated rings. The van der Waals surface area contributed by atoms with Gasteiger partial charge in [-0.1, -0.05) is 22.9 Å². The van der Waals surface area contributed by atoms with Crippen molar-refractivity contribution < 1.29 is 4.79 Å². The van der Waals surface area contributed by atoms with Gasteiger partial charge < -0.3 is 9.88 Å². The predicted molar refractivity (Wildman–Crippen MR) is 62.8 cm³/mol. The number of alkyl halides is 1. The second-order valence-corrected chi connectivity index (χ2v) is 4.65. The Morgan fingerprint density at radius 3 is 2.93 bits per heavy atom. The molecule has 0 spiro atoms. The molecule has 1 heterocycles. The highest BCUT2D eigenvalue weighted by atomic mass is 79.9. The van der Waals surface area contributed by atoms with Crippen LogP contribution in [-0.4, -0.2) is 26.3 Å². The van der Waals surface area contributed by atoms with E-state index in [2.05, 4.69) is 26.2 Å². The fourth-order valence-corrected chi connectivity index (χ4v) is 1.41. The van der Waals surface area contributed by atoms with Crippen LogP contribution in [0.25, 0.3) is 0 Å². The Morgan fingerprint density at radius 1 is 1.67 bits per heavy atom. The van der Waals surface area contributed by atoms with Crippen LogP contribution in [0.2, 0.25) is 0 Å². The number of hydrogen-bond acceptors (Lipinski definition) is 2. The third-order valence-electron chi connectivity index (χ3n) is 2.08. The van der Waals surface area contributed by atoms with Crippen LogP contribution in [-0.2, 0) is 11.3 Å². The van der Waals surface area contributed by atoms with Crippen molar-refractivity contribution in [1.82, 2.24) is 14.9 Å². The minimum atomic E-state index is -0.0947. The van der Waals surface area contributed by atoms with Crippen molar-refractivity contribution in [3.05, 3.63) is 18.7 Å². The highest BCUT2D eigenvalue weighted by Crippen LogP contribution is 2.04. The van der Waals surface area contributed by atoms with Crippen molar-refractivity contribution in [3.8, 4) is 0 Å². The molecule has 1 amide bonds. The van der Waals surface area contributed by atoms with Crippen LogP contribution in [0.5, 0.6) is 0 Å². The van der Waals surface area contributed by atoms with E-state index < -0.39 is 0 Å². The molecule has 0 aliphatic carbocycles. The average Bonchev–Trinajstić information content (AvgIpc) is 2.68. The summed E-state index contributed by atoms with van der Waals surface area (Å²) in [7, 11) is 0. The van der Waals surface area contributed by atoms with E-state index in [-0.39, 0.29) is 16.8 Å². The normalized spacial score (nSPS) is 14.6. The number of hydrogen-bond donors (Lipinski definition) is 1. The van der Waals surface area contributed by atoms with E-state index in [1.165, 1.54) is 0 Å². The summed E-state index contributed by atoms with van der Waals surface area (Å²) in [5, 5.41) is 2.93. The highest BCUT2D eigenvalue weighted by molar-refractivity contribution is 9.10. The Hall–Kier alpha value is -0.840. The number of imidazole rings is 1. The molecule has 1 rings (SSSR count). The van der Waals surface area contributed by atoms with Crippen LogP contribution in [0.4, 0.5) is 0 Å². The lowest BCUT2D eigenvalue weighted by molar-refractivity contribution is -0.121. The van der Waals surface area contributed by atoms with Gasteiger partial charge in [-0.25, -0.2) is 4.98 Å². The lowest BCUT2D eigenvalue weighted by atomic mass is 10.2. The molecular formula is C10H16BrN3O. The third-order valence-corrected chi connectivity index (χ3v) is 3.14. The van der Waals surface area contributed by atoms with Gasteiger partial charge in [-0.3, -0.25) is 4.79 Å². The molecule has 2 atom stereocenters. The molecule has 15 heavy (non-hydrogen) atoms. The Labute approximate surface area is 98.2 Å². The summed E-state index contributed by atoms with van der Waals surface area (Å²) in [4.78, 5) is 15.4. The molecule has 0 radical (unpaired) electrons. The minimum Gasteiger partial charge on any atom is -0.351 e. The van der Waals surface area contributed by atoms with E-state index in [0.29, 0.717) is 0 Å². The zero-order chi connectivity index (χ0) is 11.3. The first-order chi connectivity index (χ1) is 7.13. The van der Waals surface area contributed by atoms with Gasteiger partial charge in [0.2, 0.25) is 5.91 Å². The lowest BCUT2D eigenvalue weighted by Gasteiger charge is -2.16. The van der Waals surface area contributed by atoms with Gasteiger partial charge in [0, 0.05) is 25.0 Å². The summed E-state index contributed by atoms with van der Waals surface area (Å²) >= 11 is 3.32. The van der Waals surface area contributed by atoms with E-state index in [4.69, 9.17) is 0 Å². The van der Waals surface area contributed by atoms with Gasteiger partial charge >= 0.3 is 0 Å². The van der Waals surface area contributed by atoms with Gasteiger partial charge in [-0.2, -0.15) is 0 Å². The van der Waals surface area contributed by atoms with Crippen molar-refractivity contribution in [2.45, 2.75) is 37.7 Å². The molecule has 2 unspecified atom stereocenters. The van der Waals surface area contributed by atoms with E-state index in [1.54, 1.807) is 12.5 Å². The monoisotopic (exact) mass is 273 g/mol. The summed E-state index contributed by atoms with van der Waals surface area (Å²) in [6, 6.07) is 0.110. The molecular weight excluding hydrogens is 258 g/mol. The molecule has 1 N–H and O–H groups in total. The van der Waals surface area contributed by atoms with Crippen LogP contribution in [0.1, 0.15) is 20.3 Å². The molecule has 0 saturated carbocycles. The largest absolute Gasteiger partial charge is 0.351 e. The third kappa shape index (κ3) is 4.03. The fourth-order valence-electron chi connectivity index (χ4n) is 1.28. The Kier molecular flexibility index (Phi) is 4.81. The van der Waals surface area contributed by atoms with Crippen LogP contribution >= 0.6 is 15.9 Å². The summed E-state index contributed by atoms with van der Waals surface area (Å²) < 4.78 is 1.94. The summed E-state index contributed by atoms with van der Waals surface area (Å²) in [6.07, 6.45) is 6.15. The van der Waals surface area contributed by atoms with Crippen molar-refractivity contribution in [2.75, 3.05) is 0 Å². The number of halogens is 1. The second kappa shape index (κ2) is 5.90. The number of carbonyl (C=O) groups excluding carboxylic acids is 1. The van der Waals surface area contributed by atoms with Crippen LogP contribution < -0.4 is 5.32 Å². The standard InChI is InChI=1S/C10H16BrN3O/c1-3-9(11)10(15)13-8(2)6-14-5-4-12-7-14/h4-5,7-9H,3,6H2,1-2H3,(H,13,15). The number of nitrogens with one attached hydrogen (secondary N) is 1. The predicted octanol–water partition coefficient (Wildman–Crippen LogP) is 1.56.